The highest BCUT2D eigenvalue weighted by Crippen LogP contribution is 2.15. The van der Waals surface area contributed by atoms with Gasteiger partial charge in [-0.25, -0.2) is 4.98 Å². The van der Waals surface area contributed by atoms with Gasteiger partial charge in [-0.1, -0.05) is 0 Å². The minimum atomic E-state index is 0.0943. The lowest BCUT2D eigenvalue weighted by atomic mass is 10.1. The van der Waals surface area contributed by atoms with Crippen LogP contribution in [0.2, 0.25) is 0 Å². The molecule has 0 atom stereocenters. The molecular weight excluding hydrogens is 224 g/mol. The van der Waals surface area contributed by atoms with Gasteiger partial charge in [-0.05, 0) is 33.8 Å². The fourth-order valence-corrected chi connectivity index (χ4v) is 1.71. The third-order valence-corrected chi connectivity index (χ3v) is 2.69. The topological polar surface area (TPSA) is 42.7 Å². The van der Waals surface area contributed by atoms with E-state index in [4.69, 9.17) is 0 Å². The standard InChI is InChI=1S/C14H20N4/c1-11-7-13(18-6-5-15-10-18)12(8-16-11)9-17-14(2,3)4/h5-8,10,17H,9H2,1-4H3. The Kier molecular flexibility index (Phi) is 3.48. The molecule has 2 heterocycles. The van der Waals surface area contributed by atoms with Gasteiger partial charge in [-0.15, -0.1) is 0 Å². The first kappa shape index (κ1) is 12.8. The van der Waals surface area contributed by atoms with Crippen molar-refractivity contribution in [1.82, 2.24) is 19.9 Å². The van der Waals surface area contributed by atoms with E-state index < -0.39 is 0 Å². The van der Waals surface area contributed by atoms with Crippen molar-refractivity contribution >= 4 is 0 Å². The van der Waals surface area contributed by atoms with Crippen molar-refractivity contribution in [2.75, 3.05) is 0 Å². The molecule has 0 radical (unpaired) electrons. The molecule has 0 saturated heterocycles. The van der Waals surface area contributed by atoms with E-state index in [1.807, 2.05) is 30.2 Å². The molecule has 2 aromatic heterocycles. The molecule has 0 saturated carbocycles. The Bertz CT molecular complexity index is 509. The Morgan fingerprint density at radius 1 is 1.33 bits per heavy atom. The van der Waals surface area contributed by atoms with Crippen molar-refractivity contribution in [3.05, 3.63) is 42.2 Å². The molecule has 0 aliphatic rings. The second-order valence-electron chi connectivity index (χ2n) is 5.53. The van der Waals surface area contributed by atoms with E-state index in [1.165, 1.54) is 5.56 Å². The summed E-state index contributed by atoms with van der Waals surface area (Å²) in [7, 11) is 0. The molecule has 0 spiro atoms. The molecule has 2 rings (SSSR count). The van der Waals surface area contributed by atoms with E-state index in [2.05, 4.69) is 42.1 Å². The first-order chi connectivity index (χ1) is 8.46. The number of imidazole rings is 1. The molecule has 4 heteroatoms. The Labute approximate surface area is 108 Å². The molecule has 0 aromatic carbocycles. The summed E-state index contributed by atoms with van der Waals surface area (Å²) in [4.78, 5) is 8.48. The van der Waals surface area contributed by atoms with Gasteiger partial charge in [0.05, 0.1) is 12.0 Å². The van der Waals surface area contributed by atoms with Crippen LogP contribution in [-0.2, 0) is 6.54 Å². The largest absolute Gasteiger partial charge is 0.308 e. The van der Waals surface area contributed by atoms with Gasteiger partial charge in [-0.3, -0.25) is 4.98 Å². The summed E-state index contributed by atoms with van der Waals surface area (Å²) in [6.45, 7) is 9.27. The van der Waals surface area contributed by atoms with Crippen LogP contribution in [0.15, 0.2) is 31.0 Å². The lowest BCUT2D eigenvalue weighted by Gasteiger charge is -2.21. The maximum Gasteiger partial charge on any atom is 0.0991 e. The fraction of sp³-hybridized carbons (Fsp3) is 0.429. The van der Waals surface area contributed by atoms with Crippen LogP contribution in [0.1, 0.15) is 32.0 Å². The SMILES string of the molecule is Cc1cc(-n2ccnc2)c(CNC(C)(C)C)cn1. The maximum absolute atomic E-state index is 4.38. The van der Waals surface area contributed by atoms with Crippen LogP contribution < -0.4 is 5.32 Å². The number of aromatic nitrogens is 3. The molecule has 2 aromatic rings. The highest BCUT2D eigenvalue weighted by atomic mass is 15.0. The predicted octanol–water partition coefficient (Wildman–Crippen LogP) is 2.46. The van der Waals surface area contributed by atoms with E-state index in [0.717, 1.165) is 17.9 Å². The van der Waals surface area contributed by atoms with Crippen molar-refractivity contribution in [2.45, 2.75) is 39.8 Å². The second kappa shape index (κ2) is 4.90. The Hall–Kier alpha value is -1.68. The summed E-state index contributed by atoms with van der Waals surface area (Å²) in [5, 5.41) is 3.49. The highest BCUT2D eigenvalue weighted by Gasteiger charge is 2.11. The van der Waals surface area contributed by atoms with Gasteiger partial charge >= 0.3 is 0 Å². The third-order valence-electron chi connectivity index (χ3n) is 2.69. The number of hydrogen-bond donors (Lipinski definition) is 1. The zero-order valence-corrected chi connectivity index (χ0v) is 11.4. The lowest BCUT2D eigenvalue weighted by Crippen LogP contribution is -2.35. The number of aryl methyl sites for hydroxylation is 1. The molecule has 0 fully saturated rings. The van der Waals surface area contributed by atoms with Crippen LogP contribution in [0.5, 0.6) is 0 Å². The Balaban J connectivity index is 2.30. The van der Waals surface area contributed by atoms with Crippen molar-refractivity contribution in [1.29, 1.82) is 0 Å². The minimum Gasteiger partial charge on any atom is -0.308 e. The van der Waals surface area contributed by atoms with Gasteiger partial charge in [0.1, 0.15) is 0 Å². The van der Waals surface area contributed by atoms with E-state index in [-0.39, 0.29) is 5.54 Å². The summed E-state index contributed by atoms with van der Waals surface area (Å²) in [5.41, 5.74) is 3.42. The van der Waals surface area contributed by atoms with Crippen molar-refractivity contribution in [2.24, 2.45) is 0 Å². The van der Waals surface area contributed by atoms with Gasteiger partial charge in [-0.2, -0.15) is 0 Å². The Morgan fingerprint density at radius 3 is 2.72 bits per heavy atom. The highest BCUT2D eigenvalue weighted by molar-refractivity contribution is 5.40. The quantitative estimate of drug-likeness (QED) is 0.902. The summed E-state index contributed by atoms with van der Waals surface area (Å²) in [5.74, 6) is 0. The maximum atomic E-state index is 4.38. The number of nitrogens with one attached hydrogen (secondary N) is 1. The van der Waals surface area contributed by atoms with Crippen molar-refractivity contribution in [3.63, 3.8) is 0 Å². The molecule has 0 aliphatic heterocycles. The minimum absolute atomic E-state index is 0.0943. The van der Waals surface area contributed by atoms with Gasteiger partial charge in [0.2, 0.25) is 0 Å². The zero-order valence-electron chi connectivity index (χ0n) is 11.4. The van der Waals surface area contributed by atoms with Crippen LogP contribution in [0.3, 0.4) is 0 Å². The molecule has 0 unspecified atom stereocenters. The summed E-state index contributed by atoms with van der Waals surface area (Å²) >= 11 is 0. The monoisotopic (exact) mass is 244 g/mol. The summed E-state index contributed by atoms with van der Waals surface area (Å²) < 4.78 is 2.02. The molecule has 0 bridgehead atoms. The Morgan fingerprint density at radius 2 is 2.11 bits per heavy atom. The van der Waals surface area contributed by atoms with Crippen LogP contribution >= 0.6 is 0 Å². The van der Waals surface area contributed by atoms with E-state index in [1.54, 1.807) is 6.20 Å². The third kappa shape index (κ3) is 3.17. The smallest absolute Gasteiger partial charge is 0.0991 e. The average Bonchev–Trinajstić information content (AvgIpc) is 2.79. The number of pyridine rings is 1. The molecule has 0 amide bonds. The van der Waals surface area contributed by atoms with Crippen LogP contribution in [0.25, 0.3) is 5.69 Å². The second-order valence-corrected chi connectivity index (χ2v) is 5.53. The van der Waals surface area contributed by atoms with Gasteiger partial charge in [0.25, 0.3) is 0 Å². The van der Waals surface area contributed by atoms with Crippen molar-refractivity contribution in [3.8, 4) is 5.69 Å². The molecule has 0 aliphatic carbocycles. The van der Waals surface area contributed by atoms with Crippen LogP contribution in [0.4, 0.5) is 0 Å². The molecule has 1 N–H and O–H groups in total. The van der Waals surface area contributed by atoms with Gasteiger partial charge < -0.3 is 9.88 Å². The first-order valence-corrected chi connectivity index (χ1v) is 6.14. The molecular formula is C14H20N4. The van der Waals surface area contributed by atoms with Crippen molar-refractivity contribution < 1.29 is 0 Å². The van der Waals surface area contributed by atoms with E-state index >= 15 is 0 Å². The predicted molar refractivity (Wildman–Crippen MR) is 72.7 cm³/mol. The van der Waals surface area contributed by atoms with Gasteiger partial charge in [0, 0.05) is 41.9 Å². The molecule has 96 valence electrons. The van der Waals surface area contributed by atoms with E-state index in [9.17, 15) is 0 Å². The normalized spacial score (nSPS) is 11.8. The summed E-state index contributed by atoms with van der Waals surface area (Å²) in [6.07, 6.45) is 7.49. The lowest BCUT2D eigenvalue weighted by molar-refractivity contribution is 0.423. The van der Waals surface area contributed by atoms with Crippen LogP contribution in [0, 0.1) is 6.92 Å². The van der Waals surface area contributed by atoms with E-state index in [0.29, 0.717) is 0 Å². The number of hydrogen-bond acceptors (Lipinski definition) is 3. The zero-order chi connectivity index (χ0) is 13.2. The van der Waals surface area contributed by atoms with Gasteiger partial charge in [0.15, 0.2) is 0 Å². The number of nitrogens with zero attached hydrogens (tertiary/aromatic N) is 3. The summed E-state index contributed by atoms with van der Waals surface area (Å²) in [6, 6.07) is 2.08. The first-order valence-electron chi connectivity index (χ1n) is 6.14. The molecule has 18 heavy (non-hydrogen) atoms. The molecule has 4 nitrogen and oxygen atoms in total. The number of rotatable bonds is 3. The average molecular weight is 244 g/mol. The fourth-order valence-electron chi connectivity index (χ4n) is 1.71. The van der Waals surface area contributed by atoms with Crippen LogP contribution in [-0.4, -0.2) is 20.1 Å².